The Morgan fingerprint density at radius 1 is 1.09 bits per heavy atom. The Labute approximate surface area is 78.5 Å². The molecule has 0 heterocycles. The van der Waals surface area contributed by atoms with E-state index in [0.29, 0.717) is 0 Å². The summed E-state index contributed by atoms with van der Waals surface area (Å²) in [6.07, 6.45) is 0. The number of nitrogen functional groups attached to an aromatic ring is 1. The fraction of sp³-hybridized carbons (Fsp3) is 0. The van der Waals surface area contributed by atoms with E-state index in [1.54, 1.807) is 0 Å². The van der Waals surface area contributed by atoms with Gasteiger partial charge >= 0.3 is 0 Å². The summed E-state index contributed by atoms with van der Waals surface area (Å²) in [4.78, 5) is 0. The number of anilines is 1. The summed E-state index contributed by atoms with van der Waals surface area (Å²) >= 11 is 16.7. The van der Waals surface area contributed by atoms with Crippen molar-refractivity contribution in [2.75, 3.05) is 5.73 Å². The van der Waals surface area contributed by atoms with Crippen molar-refractivity contribution in [3.8, 4) is 5.75 Å². The Morgan fingerprint density at radius 2 is 1.64 bits per heavy atom. The van der Waals surface area contributed by atoms with Crippen molar-refractivity contribution in [1.29, 1.82) is 0 Å². The number of hydrogen-bond donors (Lipinski definition) is 2. The smallest absolute Gasteiger partial charge is 0.137 e. The molecule has 0 fully saturated rings. The van der Waals surface area contributed by atoms with E-state index in [1.807, 2.05) is 0 Å². The standard InChI is InChI=1S/C6H4Cl3NO/c7-4-2(10)1-3(11)5(8)6(4)9/h1,11H,10H2. The Kier molecular flexibility index (Phi) is 2.37. The first-order valence-electron chi connectivity index (χ1n) is 2.66. The predicted octanol–water partition coefficient (Wildman–Crippen LogP) is 2.93. The van der Waals surface area contributed by atoms with Gasteiger partial charge in [-0.1, -0.05) is 34.8 Å². The summed E-state index contributed by atoms with van der Waals surface area (Å²) in [6.45, 7) is 0. The number of halogens is 3. The van der Waals surface area contributed by atoms with Crippen LogP contribution < -0.4 is 5.73 Å². The van der Waals surface area contributed by atoms with Gasteiger partial charge in [-0.25, -0.2) is 0 Å². The van der Waals surface area contributed by atoms with Gasteiger partial charge < -0.3 is 10.8 Å². The van der Waals surface area contributed by atoms with Crippen LogP contribution in [-0.2, 0) is 0 Å². The largest absolute Gasteiger partial charge is 0.506 e. The molecule has 0 atom stereocenters. The average molecular weight is 212 g/mol. The molecule has 1 rings (SSSR count). The fourth-order valence-corrected chi connectivity index (χ4v) is 1.16. The van der Waals surface area contributed by atoms with Gasteiger partial charge in [-0.2, -0.15) is 0 Å². The molecule has 5 heteroatoms. The van der Waals surface area contributed by atoms with Crippen LogP contribution in [0, 0.1) is 0 Å². The third-order valence-electron chi connectivity index (χ3n) is 1.16. The molecule has 0 unspecified atom stereocenters. The van der Waals surface area contributed by atoms with Crippen molar-refractivity contribution in [2.24, 2.45) is 0 Å². The van der Waals surface area contributed by atoms with Crippen molar-refractivity contribution in [1.82, 2.24) is 0 Å². The van der Waals surface area contributed by atoms with Gasteiger partial charge in [0.1, 0.15) is 10.8 Å². The van der Waals surface area contributed by atoms with E-state index in [1.165, 1.54) is 6.07 Å². The van der Waals surface area contributed by atoms with Crippen LogP contribution in [0.4, 0.5) is 5.69 Å². The van der Waals surface area contributed by atoms with Crippen molar-refractivity contribution >= 4 is 40.5 Å². The van der Waals surface area contributed by atoms with Gasteiger partial charge in [-0.15, -0.1) is 0 Å². The highest BCUT2D eigenvalue weighted by Gasteiger charge is 2.10. The van der Waals surface area contributed by atoms with Gasteiger partial charge in [0, 0.05) is 6.07 Å². The fourth-order valence-electron chi connectivity index (χ4n) is 0.610. The third-order valence-corrected chi connectivity index (χ3v) is 2.52. The van der Waals surface area contributed by atoms with Crippen LogP contribution in [0.15, 0.2) is 6.07 Å². The molecule has 11 heavy (non-hydrogen) atoms. The molecule has 0 saturated heterocycles. The van der Waals surface area contributed by atoms with Gasteiger partial charge in [0.25, 0.3) is 0 Å². The zero-order valence-electron chi connectivity index (χ0n) is 5.24. The number of phenols is 1. The summed E-state index contributed by atoms with van der Waals surface area (Å²) in [5, 5.41) is 9.31. The Hall–Kier alpha value is -0.310. The second-order valence-corrected chi connectivity index (χ2v) is 3.06. The van der Waals surface area contributed by atoms with Crippen LogP contribution in [0.5, 0.6) is 5.75 Å². The normalized spacial score (nSPS) is 10.1. The maximum atomic E-state index is 9.05. The molecular formula is C6H4Cl3NO. The van der Waals surface area contributed by atoms with Crippen molar-refractivity contribution in [3.05, 3.63) is 21.1 Å². The topological polar surface area (TPSA) is 46.2 Å². The monoisotopic (exact) mass is 211 g/mol. The molecule has 0 radical (unpaired) electrons. The zero-order chi connectivity index (χ0) is 8.59. The van der Waals surface area contributed by atoms with Crippen molar-refractivity contribution in [3.63, 3.8) is 0 Å². The van der Waals surface area contributed by atoms with Crippen LogP contribution in [0.2, 0.25) is 15.1 Å². The van der Waals surface area contributed by atoms with Crippen molar-refractivity contribution in [2.45, 2.75) is 0 Å². The Bertz CT molecular complexity index is 274. The molecule has 3 N–H and O–H groups in total. The molecule has 60 valence electrons. The lowest BCUT2D eigenvalue weighted by atomic mass is 10.3. The molecule has 1 aromatic rings. The second-order valence-electron chi connectivity index (χ2n) is 1.93. The molecule has 0 aliphatic rings. The van der Waals surface area contributed by atoms with Gasteiger partial charge in [0.05, 0.1) is 15.7 Å². The van der Waals surface area contributed by atoms with Crippen LogP contribution in [-0.4, -0.2) is 5.11 Å². The minimum absolute atomic E-state index is 0.0193. The van der Waals surface area contributed by atoms with E-state index >= 15 is 0 Å². The Balaban J connectivity index is 3.46. The zero-order valence-corrected chi connectivity index (χ0v) is 7.50. The summed E-state index contributed by atoms with van der Waals surface area (Å²) in [6, 6.07) is 1.25. The number of aromatic hydroxyl groups is 1. The summed E-state index contributed by atoms with van der Waals surface area (Å²) in [5.74, 6) is -0.168. The lowest BCUT2D eigenvalue weighted by molar-refractivity contribution is 0.476. The van der Waals surface area contributed by atoms with Gasteiger partial charge in [0.15, 0.2) is 0 Å². The van der Waals surface area contributed by atoms with E-state index in [-0.39, 0.29) is 26.5 Å². The first-order valence-corrected chi connectivity index (χ1v) is 3.79. The first kappa shape index (κ1) is 8.78. The molecule has 0 aliphatic heterocycles. The van der Waals surface area contributed by atoms with Gasteiger partial charge in [0.2, 0.25) is 0 Å². The average Bonchev–Trinajstić information content (AvgIpc) is 1.97. The molecule has 0 aliphatic carbocycles. The number of benzene rings is 1. The summed E-state index contributed by atoms with van der Waals surface area (Å²) < 4.78 is 0. The van der Waals surface area contributed by atoms with Crippen LogP contribution >= 0.6 is 34.8 Å². The number of phenolic OH excluding ortho intramolecular Hbond substituents is 1. The molecule has 0 bridgehead atoms. The van der Waals surface area contributed by atoms with E-state index in [2.05, 4.69) is 0 Å². The molecular weight excluding hydrogens is 208 g/mol. The van der Waals surface area contributed by atoms with Crippen LogP contribution in [0.3, 0.4) is 0 Å². The Morgan fingerprint density at radius 3 is 2.18 bits per heavy atom. The lowest BCUT2D eigenvalue weighted by Gasteiger charge is -2.03. The summed E-state index contributed by atoms with van der Waals surface area (Å²) in [5.41, 5.74) is 5.56. The highest BCUT2D eigenvalue weighted by Crippen LogP contribution is 2.40. The maximum Gasteiger partial charge on any atom is 0.137 e. The molecule has 0 aromatic heterocycles. The predicted molar refractivity (Wildman–Crippen MR) is 47.5 cm³/mol. The number of nitrogens with two attached hydrogens (primary N) is 1. The highest BCUT2D eigenvalue weighted by atomic mass is 35.5. The molecule has 1 aromatic carbocycles. The maximum absolute atomic E-state index is 9.05. The van der Waals surface area contributed by atoms with E-state index in [4.69, 9.17) is 45.6 Å². The molecule has 0 saturated carbocycles. The quantitative estimate of drug-likeness (QED) is 0.513. The molecule has 0 amide bonds. The van der Waals surface area contributed by atoms with Crippen LogP contribution in [0.25, 0.3) is 0 Å². The minimum atomic E-state index is -0.168. The second kappa shape index (κ2) is 2.97. The van der Waals surface area contributed by atoms with Crippen molar-refractivity contribution < 1.29 is 5.11 Å². The van der Waals surface area contributed by atoms with E-state index in [0.717, 1.165) is 0 Å². The number of hydrogen-bond acceptors (Lipinski definition) is 2. The molecule has 0 spiro atoms. The van der Waals surface area contributed by atoms with Gasteiger partial charge in [-0.05, 0) is 0 Å². The highest BCUT2D eigenvalue weighted by molar-refractivity contribution is 6.49. The van der Waals surface area contributed by atoms with E-state index in [9.17, 15) is 0 Å². The summed E-state index contributed by atoms with van der Waals surface area (Å²) in [7, 11) is 0. The lowest BCUT2D eigenvalue weighted by Crippen LogP contribution is -1.87. The SMILES string of the molecule is Nc1cc(O)c(Cl)c(Cl)c1Cl. The van der Waals surface area contributed by atoms with Gasteiger partial charge in [-0.3, -0.25) is 0 Å². The molecule has 2 nitrogen and oxygen atoms in total. The van der Waals surface area contributed by atoms with Crippen LogP contribution in [0.1, 0.15) is 0 Å². The van der Waals surface area contributed by atoms with E-state index < -0.39 is 0 Å². The number of rotatable bonds is 0. The minimum Gasteiger partial charge on any atom is -0.506 e. The third kappa shape index (κ3) is 1.48. The first-order chi connectivity index (χ1) is 5.04.